The molecule has 1 aromatic rings. The van der Waals surface area contributed by atoms with Crippen LogP contribution in [0.1, 0.15) is 45.7 Å². The number of aliphatic imine (C=N–C) groups is 1. The number of rotatable bonds is 6. The van der Waals surface area contributed by atoms with Crippen LogP contribution < -0.4 is 16.0 Å². The number of hydrogen-bond donors (Lipinski definition) is 3. The highest BCUT2D eigenvalue weighted by molar-refractivity contribution is 5.86. The third-order valence-electron chi connectivity index (χ3n) is 4.54. The number of nitrogens with zero attached hydrogens (tertiary/aromatic N) is 2. The molecule has 3 N–H and O–H groups in total. The third-order valence-corrected chi connectivity index (χ3v) is 4.54. The van der Waals surface area contributed by atoms with Crippen LogP contribution in [0.5, 0.6) is 0 Å². The first-order valence-corrected chi connectivity index (χ1v) is 10.4. The second-order valence-corrected chi connectivity index (χ2v) is 8.85. The van der Waals surface area contributed by atoms with Crippen molar-refractivity contribution < 1.29 is 9.53 Å². The summed E-state index contributed by atoms with van der Waals surface area (Å²) in [5, 5.41) is 9.21. The lowest BCUT2D eigenvalue weighted by atomic mass is 10.1. The highest BCUT2D eigenvalue weighted by atomic mass is 16.5. The van der Waals surface area contributed by atoms with Crippen LogP contribution in [0.2, 0.25) is 0 Å². The van der Waals surface area contributed by atoms with Crippen LogP contribution in [0.15, 0.2) is 29.3 Å². The third kappa shape index (κ3) is 8.83. The van der Waals surface area contributed by atoms with Crippen LogP contribution in [-0.2, 0) is 22.6 Å². The van der Waals surface area contributed by atoms with Gasteiger partial charge in [-0.2, -0.15) is 0 Å². The van der Waals surface area contributed by atoms with Gasteiger partial charge in [-0.1, -0.05) is 24.3 Å². The van der Waals surface area contributed by atoms with E-state index in [1.54, 1.807) is 7.05 Å². The Morgan fingerprint density at radius 3 is 2.24 bits per heavy atom. The van der Waals surface area contributed by atoms with Crippen LogP contribution in [0.4, 0.5) is 0 Å². The average Bonchev–Trinajstić information content (AvgIpc) is 2.61. The van der Waals surface area contributed by atoms with Crippen molar-refractivity contribution in [2.24, 2.45) is 4.99 Å². The molecule has 1 amide bonds. The fourth-order valence-corrected chi connectivity index (χ4v) is 3.47. The molecule has 1 saturated heterocycles. The lowest BCUT2D eigenvalue weighted by Crippen LogP contribution is -2.48. The van der Waals surface area contributed by atoms with Gasteiger partial charge in [0.2, 0.25) is 5.91 Å². The van der Waals surface area contributed by atoms with E-state index in [1.807, 2.05) is 20.8 Å². The summed E-state index contributed by atoms with van der Waals surface area (Å²) in [6, 6.07) is 8.62. The summed E-state index contributed by atoms with van der Waals surface area (Å²) in [7, 11) is 1.70. The SMILES string of the molecule is CN=C(NCC(=O)NC(C)(C)C)NCc1ccc(CN2CC(C)OC(C)C2)cc1. The molecule has 0 bridgehead atoms. The molecular weight excluding hydrogens is 366 g/mol. The molecule has 0 aromatic heterocycles. The summed E-state index contributed by atoms with van der Waals surface area (Å²) in [5.41, 5.74) is 2.23. The Hall–Kier alpha value is -2.12. The maximum Gasteiger partial charge on any atom is 0.239 e. The van der Waals surface area contributed by atoms with Gasteiger partial charge in [0.25, 0.3) is 0 Å². The van der Waals surface area contributed by atoms with E-state index in [0.717, 1.165) is 19.6 Å². The minimum atomic E-state index is -0.241. The summed E-state index contributed by atoms with van der Waals surface area (Å²) >= 11 is 0. The van der Waals surface area contributed by atoms with Crippen molar-refractivity contribution in [3.63, 3.8) is 0 Å². The molecule has 162 valence electrons. The molecule has 2 rings (SSSR count). The maximum atomic E-state index is 11.9. The summed E-state index contributed by atoms with van der Waals surface area (Å²) in [5.74, 6) is 0.547. The van der Waals surface area contributed by atoms with E-state index >= 15 is 0 Å². The minimum absolute atomic E-state index is 0.0587. The van der Waals surface area contributed by atoms with Crippen LogP contribution in [0, 0.1) is 0 Å². The second-order valence-electron chi connectivity index (χ2n) is 8.85. The van der Waals surface area contributed by atoms with Gasteiger partial charge in [0.05, 0.1) is 18.8 Å². The van der Waals surface area contributed by atoms with Crippen LogP contribution in [0.3, 0.4) is 0 Å². The van der Waals surface area contributed by atoms with Gasteiger partial charge >= 0.3 is 0 Å². The van der Waals surface area contributed by atoms with E-state index in [1.165, 1.54) is 11.1 Å². The monoisotopic (exact) mass is 403 g/mol. The van der Waals surface area contributed by atoms with E-state index in [-0.39, 0.29) is 30.2 Å². The Kier molecular flexibility index (Phi) is 8.46. The standard InChI is InChI=1S/C22H37N5O2/c1-16-13-27(14-17(2)29-16)15-19-9-7-18(8-10-19)11-24-21(23-6)25-12-20(28)26-22(3,4)5/h7-10,16-17H,11-15H2,1-6H3,(H,26,28)(H2,23,24,25). The molecule has 1 aliphatic rings. The number of carbonyl (C=O) groups is 1. The fourth-order valence-electron chi connectivity index (χ4n) is 3.47. The van der Waals surface area contributed by atoms with Crippen molar-refractivity contribution in [3.05, 3.63) is 35.4 Å². The molecule has 7 heteroatoms. The molecule has 0 spiro atoms. The Bertz CT molecular complexity index is 671. The highest BCUT2D eigenvalue weighted by Gasteiger charge is 2.21. The van der Waals surface area contributed by atoms with Crippen molar-refractivity contribution in [1.29, 1.82) is 0 Å². The molecule has 0 aliphatic carbocycles. The summed E-state index contributed by atoms with van der Waals surface area (Å²) in [4.78, 5) is 18.5. The van der Waals surface area contributed by atoms with E-state index in [2.05, 4.69) is 64.0 Å². The Labute approximate surface area is 175 Å². The van der Waals surface area contributed by atoms with E-state index < -0.39 is 0 Å². The van der Waals surface area contributed by atoms with Crippen molar-refractivity contribution in [2.75, 3.05) is 26.7 Å². The molecule has 0 saturated carbocycles. The molecule has 1 aliphatic heterocycles. The average molecular weight is 404 g/mol. The van der Waals surface area contributed by atoms with Gasteiger partial charge in [0.1, 0.15) is 0 Å². The Morgan fingerprint density at radius 2 is 1.69 bits per heavy atom. The molecule has 29 heavy (non-hydrogen) atoms. The topological polar surface area (TPSA) is 78.0 Å². The number of ether oxygens (including phenoxy) is 1. The van der Waals surface area contributed by atoms with E-state index in [0.29, 0.717) is 12.5 Å². The first-order chi connectivity index (χ1) is 13.6. The lowest BCUT2D eigenvalue weighted by molar-refractivity contribution is -0.121. The first-order valence-electron chi connectivity index (χ1n) is 10.4. The number of morpholine rings is 1. The molecule has 1 heterocycles. The zero-order valence-corrected chi connectivity index (χ0v) is 18.7. The minimum Gasteiger partial charge on any atom is -0.373 e. The smallest absolute Gasteiger partial charge is 0.239 e. The zero-order chi connectivity index (χ0) is 21.4. The van der Waals surface area contributed by atoms with Crippen molar-refractivity contribution >= 4 is 11.9 Å². The predicted molar refractivity (Wildman–Crippen MR) is 118 cm³/mol. The molecule has 0 radical (unpaired) electrons. The summed E-state index contributed by atoms with van der Waals surface area (Å²) < 4.78 is 5.80. The van der Waals surface area contributed by atoms with Gasteiger partial charge in [0.15, 0.2) is 5.96 Å². The first kappa shape index (κ1) is 23.2. The molecule has 1 fully saturated rings. The zero-order valence-electron chi connectivity index (χ0n) is 18.7. The van der Waals surface area contributed by atoms with Gasteiger partial charge in [-0.05, 0) is 45.7 Å². The van der Waals surface area contributed by atoms with Gasteiger partial charge < -0.3 is 20.7 Å². The number of guanidine groups is 1. The maximum absolute atomic E-state index is 11.9. The van der Waals surface area contributed by atoms with Crippen molar-refractivity contribution in [3.8, 4) is 0 Å². The van der Waals surface area contributed by atoms with Gasteiger partial charge in [-0.15, -0.1) is 0 Å². The quantitative estimate of drug-likeness (QED) is 0.499. The van der Waals surface area contributed by atoms with Crippen molar-refractivity contribution in [1.82, 2.24) is 20.9 Å². The van der Waals surface area contributed by atoms with Gasteiger partial charge in [-0.25, -0.2) is 0 Å². The number of carbonyl (C=O) groups excluding carboxylic acids is 1. The Morgan fingerprint density at radius 1 is 1.10 bits per heavy atom. The molecule has 1 aromatic carbocycles. The normalized spacial score (nSPS) is 21.0. The number of nitrogens with one attached hydrogen (secondary N) is 3. The van der Waals surface area contributed by atoms with Crippen molar-refractivity contribution in [2.45, 2.75) is 65.5 Å². The molecule has 7 nitrogen and oxygen atoms in total. The van der Waals surface area contributed by atoms with Crippen LogP contribution >= 0.6 is 0 Å². The molecule has 2 atom stereocenters. The van der Waals surface area contributed by atoms with E-state index in [9.17, 15) is 4.79 Å². The predicted octanol–water partition coefficient (Wildman–Crippen LogP) is 1.88. The Balaban J connectivity index is 1.77. The van der Waals surface area contributed by atoms with Gasteiger partial charge in [-0.3, -0.25) is 14.7 Å². The number of benzene rings is 1. The second kappa shape index (κ2) is 10.6. The molecule has 2 unspecified atom stereocenters. The number of hydrogen-bond acceptors (Lipinski definition) is 4. The highest BCUT2D eigenvalue weighted by Crippen LogP contribution is 2.14. The lowest BCUT2D eigenvalue weighted by Gasteiger charge is -2.35. The van der Waals surface area contributed by atoms with E-state index in [4.69, 9.17) is 4.74 Å². The van der Waals surface area contributed by atoms with Crippen LogP contribution in [-0.4, -0.2) is 61.2 Å². The van der Waals surface area contributed by atoms with Gasteiger partial charge in [0, 0.05) is 38.8 Å². The fraction of sp³-hybridized carbons (Fsp3) is 0.636. The molecular formula is C22H37N5O2. The summed E-state index contributed by atoms with van der Waals surface area (Å²) in [6.45, 7) is 13.9. The van der Waals surface area contributed by atoms with Crippen LogP contribution in [0.25, 0.3) is 0 Å². The number of amides is 1. The summed E-state index contributed by atoms with van der Waals surface area (Å²) in [6.07, 6.45) is 0.568. The largest absolute Gasteiger partial charge is 0.373 e.